The molecule has 88 valence electrons. The first-order chi connectivity index (χ1) is 7.13. The number of carbonyl (C=O) groups is 1. The Balaban J connectivity index is 2.25. The summed E-state index contributed by atoms with van der Waals surface area (Å²) >= 11 is 0. The van der Waals surface area contributed by atoms with Gasteiger partial charge in [-0.25, -0.2) is 5.01 Å². The van der Waals surface area contributed by atoms with Crippen molar-refractivity contribution in [3.05, 3.63) is 0 Å². The number of nitrogens with zero attached hydrogens (tertiary/aromatic N) is 2. The van der Waals surface area contributed by atoms with Crippen LogP contribution in [0.3, 0.4) is 0 Å². The maximum absolute atomic E-state index is 11.7. The second-order valence-corrected chi connectivity index (χ2v) is 4.23. The van der Waals surface area contributed by atoms with Crippen molar-refractivity contribution in [1.29, 1.82) is 0 Å². The Labute approximate surface area is 91.8 Å². The first-order valence-corrected chi connectivity index (χ1v) is 5.52. The first kappa shape index (κ1) is 12.4. The zero-order chi connectivity index (χ0) is 11.3. The second-order valence-electron chi connectivity index (χ2n) is 4.23. The summed E-state index contributed by atoms with van der Waals surface area (Å²) in [7, 11) is 3.96. The zero-order valence-corrected chi connectivity index (χ0v) is 9.92. The Morgan fingerprint density at radius 2 is 1.93 bits per heavy atom. The maximum Gasteiger partial charge on any atom is 0.238 e. The monoisotopic (exact) mass is 214 g/mol. The molecule has 1 amide bonds. The number of carbonyl (C=O) groups excluding carboxylic acids is 1. The summed E-state index contributed by atoms with van der Waals surface area (Å²) < 4.78 is 0. The van der Waals surface area contributed by atoms with Crippen molar-refractivity contribution in [3.63, 3.8) is 0 Å². The predicted molar refractivity (Wildman–Crippen MR) is 60.3 cm³/mol. The molecular formula is C10H22N4O. The Hall–Kier alpha value is -0.650. The number of hydrogen-bond acceptors (Lipinski definition) is 4. The Morgan fingerprint density at radius 1 is 1.33 bits per heavy atom. The van der Waals surface area contributed by atoms with Crippen molar-refractivity contribution in [3.8, 4) is 0 Å². The average molecular weight is 214 g/mol. The highest BCUT2D eigenvalue weighted by Crippen LogP contribution is 1.98. The van der Waals surface area contributed by atoms with Gasteiger partial charge in [0.2, 0.25) is 5.91 Å². The fourth-order valence-corrected chi connectivity index (χ4v) is 1.58. The molecule has 2 N–H and O–H groups in total. The van der Waals surface area contributed by atoms with E-state index in [0.29, 0.717) is 0 Å². The molecule has 0 aliphatic carbocycles. The van der Waals surface area contributed by atoms with Gasteiger partial charge in [-0.1, -0.05) is 6.92 Å². The number of piperazine rings is 1. The van der Waals surface area contributed by atoms with Crippen molar-refractivity contribution in [2.24, 2.45) is 5.92 Å². The zero-order valence-electron chi connectivity index (χ0n) is 9.92. The van der Waals surface area contributed by atoms with Gasteiger partial charge in [-0.3, -0.25) is 10.2 Å². The maximum atomic E-state index is 11.7. The van der Waals surface area contributed by atoms with Crippen LogP contribution >= 0.6 is 0 Å². The van der Waals surface area contributed by atoms with Gasteiger partial charge in [-0.15, -0.1) is 0 Å². The molecule has 1 saturated heterocycles. The minimum Gasteiger partial charge on any atom is -0.319 e. The van der Waals surface area contributed by atoms with Crippen LogP contribution in [0.1, 0.15) is 6.92 Å². The smallest absolute Gasteiger partial charge is 0.238 e. The van der Waals surface area contributed by atoms with Gasteiger partial charge in [0.25, 0.3) is 0 Å². The van der Waals surface area contributed by atoms with Crippen LogP contribution in [0.2, 0.25) is 0 Å². The quantitative estimate of drug-likeness (QED) is 0.638. The van der Waals surface area contributed by atoms with Crippen molar-refractivity contribution < 1.29 is 4.79 Å². The van der Waals surface area contributed by atoms with Crippen LogP contribution in [0, 0.1) is 5.92 Å². The summed E-state index contributed by atoms with van der Waals surface area (Å²) in [5, 5.41) is 5.01. The fourth-order valence-electron chi connectivity index (χ4n) is 1.58. The van der Waals surface area contributed by atoms with Crippen molar-refractivity contribution in [1.82, 2.24) is 20.7 Å². The van der Waals surface area contributed by atoms with E-state index in [-0.39, 0.29) is 11.8 Å². The number of amides is 1. The molecule has 0 aromatic heterocycles. The largest absolute Gasteiger partial charge is 0.319 e. The molecule has 0 saturated carbocycles. The standard InChI is InChI=1S/C10H22N4O/c1-9(8-11-2)10(15)12-14-6-4-13(3)5-7-14/h9,11H,4-8H2,1-3H3,(H,12,15). The van der Waals surface area contributed by atoms with Gasteiger partial charge in [0.1, 0.15) is 0 Å². The molecule has 1 unspecified atom stereocenters. The highest BCUT2D eigenvalue weighted by atomic mass is 16.2. The molecule has 1 aliphatic rings. The molecule has 1 fully saturated rings. The van der Waals surface area contributed by atoms with E-state index in [1.807, 2.05) is 19.0 Å². The molecule has 15 heavy (non-hydrogen) atoms. The lowest BCUT2D eigenvalue weighted by molar-refractivity contribution is -0.130. The van der Waals surface area contributed by atoms with E-state index in [0.717, 1.165) is 32.7 Å². The molecule has 1 rings (SSSR count). The summed E-state index contributed by atoms with van der Waals surface area (Å²) in [6.07, 6.45) is 0. The van der Waals surface area contributed by atoms with E-state index >= 15 is 0 Å². The number of hydrazine groups is 1. The molecule has 1 atom stereocenters. The van der Waals surface area contributed by atoms with Gasteiger partial charge in [-0.05, 0) is 14.1 Å². The fraction of sp³-hybridized carbons (Fsp3) is 0.900. The van der Waals surface area contributed by atoms with Crippen molar-refractivity contribution >= 4 is 5.91 Å². The van der Waals surface area contributed by atoms with Crippen LogP contribution in [0.25, 0.3) is 0 Å². The van der Waals surface area contributed by atoms with E-state index in [1.165, 1.54) is 0 Å². The van der Waals surface area contributed by atoms with Crippen LogP contribution in [0.15, 0.2) is 0 Å². The summed E-state index contributed by atoms with van der Waals surface area (Å²) in [4.78, 5) is 13.9. The number of nitrogens with one attached hydrogen (secondary N) is 2. The van der Waals surface area contributed by atoms with Gasteiger partial charge in [0, 0.05) is 38.6 Å². The van der Waals surface area contributed by atoms with Crippen LogP contribution < -0.4 is 10.7 Å². The third kappa shape index (κ3) is 4.15. The first-order valence-electron chi connectivity index (χ1n) is 5.52. The Morgan fingerprint density at radius 3 is 2.47 bits per heavy atom. The molecule has 1 aliphatic heterocycles. The topological polar surface area (TPSA) is 47.6 Å². The minimum atomic E-state index is 0.0228. The molecule has 0 bridgehead atoms. The van der Waals surface area contributed by atoms with E-state index in [4.69, 9.17) is 0 Å². The van der Waals surface area contributed by atoms with E-state index < -0.39 is 0 Å². The molecule has 0 radical (unpaired) electrons. The SMILES string of the molecule is CNCC(C)C(=O)NN1CCN(C)CC1. The Kier molecular flexibility index (Phi) is 5.01. The third-order valence-electron chi connectivity index (χ3n) is 2.73. The summed E-state index contributed by atoms with van der Waals surface area (Å²) in [5.41, 5.74) is 2.95. The lowest BCUT2D eigenvalue weighted by Gasteiger charge is -2.33. The van der Waals surface area contributed by atoms with E-state index in [2.05, 4.69) is 22.7 Å². The van der Waals surface area contributed by atoms with Gasteiger partial charge in [0.15, 0.2) is 0 Å². The molecule has 1 heterocycles. The molecule has 0 spiro atoms. The van der Waals surface area contributed by atoms with E-state index in [1.54, 1.807) is 0 Å². The van der Waals surface area contributed by atoms with Crippen LogP contribution in [0.4, 0.5) is 0 Å². The number of likely N-dealkylation sites (N-methyl/N-ethyl adjacent to an activating group) is 1. The highest BCUT2D eigenvalue weighted by molar-refractivity contribution is 5.77. The second kappa shape index (κ2) is 6.05. The molecule has 5 heteroatoms. The molecule has 0 aromatic carbocycles. The van der Waals surface area contributed by atoms with Crippen LogP contribution in [0.5, 0.6) is 0 Å². The number of rotatable bonds is 4. The van der Waals surface area contributed by atoms with Gasteiger partial charge in [-0.2, -0.15) is 0 Å². The van der Waals surface area contributed by atoms with Gasteiger partial charge >= 0.3 is 0 Å². The summed E-state index contributed by atoms with van der Waals surface area (Å²) in [6, 6.07) is 0. The summed E-state index contributed by atoms with van der Waals surface area (Å²) in [6.45, 7) is 6.51. The minimum absolute atomic E-state index is 0.0228. The molecular weight excluding hydrogens is 192 g/mol. The van der Waals surface area contributed by atoms with Gasteiger partial charge < -0.3 is 10.2 Å². The van der Waals surface area contributed by atoms with Crippen LogP contribution in [-0.2, 0) is 4.79 Å². The van der Waals surface area contributed by atoms with E-state index in [9.17, 15) is 4.79 Å². The lowest BCUT2D eigenvalue weighted by atomic mass is 10.2. The number of hydrogen-bond donors (Lipinski definition) is 2. The molecule has 0 aromatic rings. The average Bonchev–Trinajstić information content (AvgIpc) is 2.22. The third-order valence-corrected chi connectivity index (χ3v) is 2.73. The molecule has 5 nitrogen and oxygen atoms in total. The van der Waals surface area contributed by atoms with Gasteiger partial charge in [0.05, 0.1) is 0 Å². The van der Waals surface area contributed by atoms with Crippen molar-refractivity contribution in [2.75, 3.05) is 46.8 Å². The summed E-state index contributed by atoms with van der Waals surface area (Å²) in [5.74, 6) is 0.128. The predicted octanol–water partition coefficient (Wildman–Crippen LogP) is -0.879. The lowest BCUT2D eigenvalue weighted by Crippen LogP contribution is -2.54. The van der Waals surface area contributed by atoms with Crippen molar-refractivity contribution in [2.45, 2.75) is 6.92 Å². The normalized spacial score (nSPS) is 21.3. The Bertz CT molecular complexity index is 202. The highest BCUT2D eigenvalue weighted by Gasteiger charge is 2.18. The van der Waals surface area contributed by atoms with Crippen LogP contribution in [-0.4, -0.2) is 62.6 Å².